The van der Waals surface area contributed by atoms with Gasteiger partial charge in [0.25, 0.3) is 11.4 Å². The third-order valence-corrected chi connectivity index (χ3v) is 12.2. The van der Waals surface area contributed by atoms with Crippen molar-refractivity contribution in [3.05, 3.63) is 152 Å². The van der Waals surface area contributed by atoms with Crippen LogP contribution in [-0.4, -0.2) is 117 Å². The molecule has 2 aliphatic heterocycles. The minimum absolute atomic E-state index is 0.0394. The molecular weight excluding hydrogens is 879 g/mol. The SMILES string of the molecule is O=[N+]([O-])c1ccc2c(C(O)(CCN3CCOCC3)C(F)(F)F)cn(Cc3ccccc3)c2c1.O=[N+]([O-])c1ccc2c(C(O)(CCN3CCOCC3)C(F)(F)F)cn(Cc3ccccc3)c2c1. The van der Waals surface area contributed by atoms with Crippen molar-refractivity contribution in [2.45, 2.75) is 49.5 Å². The smallest absolute Gasteiger partial charge is 0.379 e. The molecule has 0 spiro atoms. The maximum absolute atomic E-state index is 14.3. The number of nitro groups is 2. The predicted molar refractivity (Wildman–Crippen MR) is 232 cm³/mol. The Morgan fingerprint density at radius 1 is 0.545 bits per heavy atom. The number of nitrogens with zero attached hydrogens (tertiary/aromatic N) is 6. The Bertz CT molecular complexity index is 2430. The van der Waals surface area contributed by atoms with Crippen LogP contribution in [0.1, 0.15) is 35.1 Å². The molecule has 2 saturated heterocycles. The second-order valence-electron chi connectivity index (χ2n) is 16.4. The van der Waals surface area contributed by atoms with Crippen LogP contribution in [0, 0.1) is 20.2 Å². The van der Waals surface area contributed by atoms with E-state index in [0.29, 0.717) is 52.6 Å². The first-order chi connectivity index (χ1) is 31.4. The third-order valence-electron chi connectivity index (χ3n) is 12.2. The molecule has 0 saturated carbocycles. The van der Waals surface area contributed by atoms with Crippen molar-refractivity contribution in [2.75, 3.05) is 65.7 Å². The largest absolute Gasteiger partial charge is 0.421 e. The Hall–Kier alpha value is -5.90. The average Bonchev–Trinajstić information content (AvgIpc) is 3.86. The second kappa shape index (κ2) is 19.9. The van der Waals surface area contributed by atoms with Crippen molar-refractivity contribution in [3.63, 3.8) is 0 Å². The van der Waals surface area contributed by atoms with Crippen LogP contribution < -0.4 is 0 Å². The van der Waals surface area contributed by atoms with Gasteiger partial charge in [-0.1, -0.05) is 60.7 Å². The summed E-state index contributed by atoms with van der Waals surface area (Å²) in [5, 5.41) is 45.0. The molecule has 2 aromatic heterocycles. The first kappa shape index (κ1) is 48.0. The minimum Gasteiger partial charge on any atom is -0.379 e. The van der Waals surface area contributed by atoms with E-state index in [1.54, 1.807) is 24.3 Å². The molecule has 2 N–H and O–H groups in total. The van der Waals surface area contributed by atoms with Crippen LogP contribution in [0.4, 0.5) is 37.7 Å². The number of aliphatic hydroxyl groups is 2. The number of aromatic nitrogens is 2. The van der Waals surface area contributed by atoms with Crippen molar-refractivity contribution >= 4 is 33.2 Å². The molecule has 352 valence electrons. The van der Waals surface area contributed by atoms with E-state index in [0.717, 1.165) is 23.3 Å². The summed E-state index contributed by atoms with van der Waals surface area (Å²) in [4.78, 5) is 25.1. The summed E-state index contributed by atoms with van der Waals surface area (Å²) < 4.78 is 99.4. The summed E-state index contributed by atoms with van der Waals surface area (Å²) in [6.45, 7) is 4.21. The van der Waals surface area contributed by atoms with E-state index in [-0.39, 0.29) is 70.5 Å². The fourth-order valence-corrected chi connectivity index (χ4v) is 8.42. The molecule has 2 atom stereocenters. The van der Waals surface area contributed by atoms with E-state index < -0.39 is 46.2 Å². The summed E-state index contributed by atoms with van der Waals surface area (Å²) in [7, 11) is 0. The zero-order chi connectivity index (χ0) is 47.3. The summed E-state index contributed by atoms with van der Waals surface area (Å²) in [6.07, 6.45) is -8.45. The van der Waals surface area contributed by atoms with Crippen LogP contribution in [0.3, 0.4) is 0 Å². The van der Waals surface area contributed by atoms with Crippen LogP contribution in [0.2, 0.25) is 0 Å². The van der Waals surface area contributed by atoms with E-state index in [2.05, 4.69) is 0 Å². The van der Waals surface area contributed by atoms with Gasteiger partial charge in [-0.3, -0.25) is 30.0 Å². The van der Waals surface area contributed by atoms with Crippen LogP contribution in [0.15, 0.2) is 109 Å². The van der Waals surface area contributed by atoms with Crippen molar-refractivity contribution in [2.24, 2.45) is 0 Å². The van der Waals surface area contributed by atoms with Gasteiger partial charge >= 0.3 is 12.4 Å². The normalized spacial score (nSPS) is 17.2. The molecule has 66 heavy (non-hydrogen) atoms. The summed E-state index contributed by atoms with van der Waals surface area (Å²) in [6, 6.07) is 25.5. The molecule has 2 unspecified atom stereocenters. The number of rotatable bonds is 14. The lowest BCUT2D eigenvalue weighted by Gasteiger charge is -2.34. The molecule has 20 heteroatoms. The summed E-state index contributed by atoms with van der Waals surface area (Å²) in [5.74, 6) is 0. The number of halogens is 6. The number of benzene rings is 4. The zero-order valence-corrected chi connectivity index (χ0v) is 35.6. The number of nitro benzene ring substituents is 2. The van der Waals surface area contributed by atoms with Crippen molar-refractivity contribution in [1.82, 2.24) is 18.9 Å². The first-order valence-electron chi connectivity index (χ1n) is 21.2. The fraction of sp³-hybridized carbons (Fsp3) is 0.391. The van der Waals surface area contributed by atoms with Gasteiger partial charge in [-0.05, 0) is 23.3 Å². The Morgan fingerprint density at radius 3 is 1.21 bits per heavy atom. The molecule has 2 fully saturated rings. The topological polar surface area (TPSA) is 162 Å². The lowest BCUT2D eigenvalue weighted by atomic mass is 9.89. The fourth-order valence-electron chi connectivity index (χ4n) is 8.42. The van der Waals surface area contributed by atoms with Gasteiger partial charge in [0, 0.05) is 124 Å². The van der Waals surface area contributed by atoms with Gasteiger partial charge in [-0.15, -0.1) is 0 Å². The van der Waals surface area contributed by atoms with Gasteiger partial charge < -0.3 is 28.8 Å². The number of hydrogen-bond acceptors (Lipinski definition) is 10. The van der Waals surface area contributed by atoms with Gasteiger partial charge in [0.1, 0.15) is 0 Å². The van der Waals surface area contributed by atoms with Gasteiger partial charge in [0.15, 0.2) is 11.2 Å². The highest BCUT2D eigenvalue weighted by molar-refractivity contribution is 5.88. The van der Waals surface area contributed by atoms with E-state index in [9.17, 15) is 56.8 Å². The summed E-state index contributed by atoms with van der Waals surface area (Å²) in [5.41, 5.74) is -5.13. The van der Waals surface area contributed by atoms with Gasteiger partial charge in [-0.25, -0.2) is 0 Å². The zero-order valence-electron chi connectivity index (χ0n) is 35.6. The molecule has 0 bridgehead atoms. The van der Waals surface area contributed by atoms with Gasteiger partial charge in [-0.2, -0.15) is 26.3 Å². The molecule has 14 nitrogen and oxygen atoms in total. The van der Waals surface area contributed by atoms with Gasteiger partial charge in [0.2, 0.25) is 0 Å². The maximum atomic E-state index is 14.3. The van der Waals surface area contributed by atoms with Gasteiger partial charge in [0.05, 0.1) is 47.3 Å². The molecule has 0 aliphatic carbocycles. The minimum atomic E-state index is -4.94. The molecular formula is C46H48F6N6O8. The highest BCUT2D eigenvalue weighted by atomic mass is 19.4. The van der Waals surface area contributed by atoms with Crippen LogP contribution >= 0.6 is 0 Å². The molecule has 2 aliphatic rings. The van der Waals surface area contributed by atoms with E-state index >= 15 is 0 Å². The standard InChI is InChI=1S/2C23H24F3N3O4/c2*24-23(25,26)22(30,8-9-27-10-12-33-13-11-27)20-16-28(15-17-4-2-1-3-5-17)21-14-18(29(31)32)6-7-19(20)21/h2*1-7,14,16,30H,8-13,15H2. The average molecular weight is 927 g/mol. The lowest BCUT2D eigenvalue weighted by molar-refractivity contribution is -0.384. The highest BCUT2D eigenvalue weighted by Gasteiger charge is 2.57. The van der Waals surface area contributed by atoms with Crippen LogP contribution in [0.25, 0.3) is 21.8 Å². The monoisotopic (exact) mass is 926 g/mol. The molecule has 4 aromatic carbocycles. The number of fused-ring (bicyclic) bond motifs is 2. The van der Waals surface area contributed by atoms with Crippen LogP contribution in [0.5, 0.6) is 0 Å². The quantitative estimate of drug-likeness (QED) is 0.0620. The number of non-ortho nitro benzene ring substituents is 2. The van der Waals surface area contributed by atoms with Crippen molar-refractivity contribution in [3.8, 4) is 0 Å². The van der Waals surface area contributed by atoms with Crippen LogP contribution in [-0.2, 0) is 33.8 Å². The summed E-state index contributed by atoms with van der Waals surface area (Å²) >= 11 is 0. The first-order valence-corrected chi connectivity index (χ1v) is 21.2. The van der Waals surface area contributed by atoms with Crippen molar-refractivity contribution in [1.29, 1.82) is 0 Å². The lowest BCUT2D eigenvalue weighted by Crippen LogP contribution is -2.46. The Kier molecular flexibility index (Phi) is 14.5. The highest BCUT2D eigenvalue weighted by Crippen LogP contribution is 2.47. The second-order valence-corrected chi connectivity index (χ2v) is 16.4. The molecule has 6 aromatic rings. The Balaban J connectivity index is 0.000000196. The number of alkyl halides is 6. The Labute approximate surface area is 374 Å². The Morgan fingerprint density at radius 2 is 0.894 bits per heavy atom. The number of hydrogen-bond donors (Lipinski definition) is 2. The van der Waals surface area contributed by atoms with E-state index in [1.807, 2.05) is 46.2 Å². The molecule has 0 radical (unpaired) electrons. The number of morpholine rings is 2. The molecule has 0 amide bonds. The molecule has 8 rings (SSSR count). The van der Waals surface area contributed by atoms with Crippen molar-refractivity contribution < 1.29 is 55.9 Å². The third kappa shape index (κ3) is 10.5. The predicted octanol–water partition coefficient (Wildman–Crippen LogP) is 8.14. The number of ether oxygens (including phenoxy) is 2. The molecule has 4 heterocycles. The maximum Gasteiger partial charge on any atom is 0.421 e. The van der Waals surface area contributed by atoms with E-state index in [4.69, 9.17) is 9.47 Å². The van der Waals surface area contributed by atoms with E-state index in [1.165, 1.54) is 45.8 Å².